The summed E-state index contributed by atoms with van der Waals surface area (Å²) in [6.07, 6.45) is 5.44. The third-order valence-electron chi connectivity index (χ3n) is 4.76. The molecule has 1 aliphatic heterocycles. The van der Waals surface area contributed by atoms with Crippen LogP contribution in [0.3, 0.4) is 0 Å². The molecule has 0 aromatic heterocycles. The average Bonchev–Trinajstić information content (AvgIpc) is 3.39. The molecular formula is C17H24N2O2. The lowest BCUT2D eigenvalue weighted by molar-refractivity contribution is 0.167. The van der Waals surface area contributed by atoms with Crippen LogP contribution in [-0.4, -0.2) is 37.2 Å². The maximum absolute atomic E-state index is 6.13. The molecule has 2 fully saturated rings. The van der Waals surface area contributed by atoms with E-state index in [9.17, 15) is 0 Å². The lowest BCUT2D eigenvalue weighted by atomic mass is 10.0. The number of ether oxygens (including phenoxy) is 2. The third-order valence-corrected chi connectivity index (χ3v) is 4.76. The van der Waals surface area contributed by atoms with Crippen molar-refractivity contribution in [3.8, 4) is 11.5 Å². The molecule has 4 heteroatoms. The zero-order valence-electron chi connectivity index (χ0n) is 12.5. The standard InChI is InChI=1S/C17H24N2O2/c18-10-15(19(14-4-5-14)11-12-1-2-12)13-3-6-16-17(9-13)21-8-7-20-16/h3,6,9,12,14-15H,1-2,4-5,7-8,10-11,18H2. The Kier molecular flexibility index (Phi) is 3.51. The van der Waals surface area contributed by atoms with Crippen LogP contribution >= 0.6 is 0 Å². The van der Waals surface area contributed by atoms with Gasteiger partial charge in [-0.25, -0.2) is 0 Å². The van der Waals surface area contributed by atoms with Crippen molar-refractivity contribution in [1.29, 1.82) is 0 Å². The van der Waals surface area contributed by atoms with E-state index in [-0.39, 0.29) is 0 Å². The van der Waals surface area contributed by atoms with Gasteiger partial charge >= 0.3 is 0 Å². The first-order valence-electron chi connectivity index (χ1n) is 8.20. The predicted molar refractivity (Wildman–Crippen MR) is 81.7 cm³/mol. The van der Waals surface area contributed by atoms with E-state index < -0.39 is 0 Å². The molecule has 114 valence electrons. The number of nitrogens with zero attached hydrogens (tertiary/aromatic N) is 1. The lowest BCUT2D eigenvalue weighted by Crippen LogP contribution is -2.37. The highest BCUT2D eigenvalue weighted by Gasteiger charge is 2.37. The predicted octanol–water partition coefficient (Wildman–Crippen LogP) is 2.33. The maximum Gasteiger partial charge on any atom is 0.161 e. The van der Waals surface area contributed by atoms with Crippen LogP contribution in [0, 0.1) is 5.92 Å². The molecule has 1 aromatic rings. The van der Waals surface area contributed by atoms with Gasteiger partial charge < -0.3 is 15.2 Å². The summed E-state index contributed by atoms with van der Waals surface area (Å²) in [7, 11) is 0. The maximum atomic E-state index is 6.13. The number of benzene rings is 1. The van der Waals surface area contributed by atoms with Gasteiger partial charge in [-0.2, -0.15) is 0 Å². The zero-order valence-corrected chi connectivity index (χ0v) is 12.5. The van der Waals surface area contributed by atoms with Crippen molar-refractivity contribution < 1.29 is 9.47 Å². The molecule has 1 aromatic carbocycles. The molecular weight excluding hydrogens is 264 g/mol. The average molecular weight is 288 g/mol. The van der Waals surface area contributed by atoms with Crippen LogP contribution in [0.15, 0.2) is 18.2 Å². The summed E-state index contributed by atoms with van der Waals surface area (Å²) in [4.78, 5) is 2.64. The Bertz CT molecular complexity index is 512. The fraction of sp³-hybridized carbons (Fsp3) is 0.647. The van der Waals surface area contributed by atoms with E-state index in [2.05, 4.69) is 17.0 Å². The van der Waals surface area contributed by atoms with Gasteiger partial charge in [-0.05, 0) is 49.3 Å². The SMILES string of the molecule is NCC(c1ccc2c(c1)OCCO2)N(CC1CC1)C1CC1. The van der Waals surface area contributed by atoms with Crippen LogP contribution in [-0.2, 0) is 0 Å². The van der Waals surface area contributed by atoms with Gasteiger partial charge in [0.05, 0.1) is 0 Å². The molecule has 1 unspecified atom stereocenters. The topological polar surface area (TPSA) is 47.7 Å². The normalized spacial score (nSPS) is 22.4. The van der Waals surface area contributed by atoms with Gasteiger partial charge in [-0.1, -0.05) is 6.07 Å². The zero-order chi connectivity index (χ0) is 14.2. The van der Waals surface area contributed by atoms with Crippen LogP contribution in [0.4, 0.5) is 0 Å². The summed E-state index contributed by atoms with van der Waals surface area (Å²) in [5, 5.41) is 0. The molecule has 21 heavy (non-hydrogen) atoms. The molecule has 3 aliphatic rings. The Morgan fingerprint density at radius 1 is 1.10 bits per heavy atom. The van der Waals surface area contributed by atoms with Crippen LogP contribution < -0.4 is 15.2 Å². The van der Waals surface area contributed by atoms with Crippen LogP contribution in [0.2, 0.25) is 0 Å². The van der Waals surface area contributed by atoms with Crippen molar-refractivity contribution in [3.05, 3.63) is 23.8 Å². The molecule has 4 nitrogen and oxygen atoms in total. The molecule has 1 heterocycles. The first kappa shape index (κ1) is 13.4. The van der Waals surface area contributed by atoms with E-state index in [1.165, 1.54) is 37.8 Å². The Morgan fingerprint density at radius 3 is 2.52 bits per heavy atom. The van der Waals surface area contributed by atoms with Gasteiger partial charge in [0.15, 0.2) is 11.5 Å². The van der Waals surface area contributed by atoms with Gasteiger partial charge in [-0.3, -0.25) is 4.90 Å². The van der Waals surface area contributed by atoms with Crippen LogP contribution in [0.1, 0.15) is 37.3 Å². The number of rotatable bonds is 6. The highest BCUT2D eigenvalue weighted by Crippen LogP contribution is 2.41. The molecule has 0 bridgehead atoms. The summed E-state index contributed by atoms with van der Waals surface area (Å²) in [6.45, 7) is 3.16. The first-order chi connectivity index (χ1) is 10.3. The number of nitrogens with two attached hydrogens (primary N) is 1. The number of fused-ring (bicyclic) bond motifs is 1. The van der Waals surface area contributed by atoms with Crippen molar-refractivity contribution >= 4 is 0 Å². The van der Waals surface area contributed by atoms with E-state index in [0.29, 0.717) is 25.8 Å². The number of hydrogen-bond donors (Lipinski definition) is 1. The van der Waals surface area contributed by atoms with E-state index in [1.54, 1.807) is 0 Å². The van der Waals surface area contributed by atoms with Crippen molar-refractivity contribution in [2.24, 2.45) is 11.7 Å². The fourth-order valence-corrected chi connectivity index (χ4v) is 3.27. The Balaban J connectivity index is 1.58. The Labute approximate surface area is 126 Å². The highest BCUT2D eigenvalue weighted by atomic mass is 16.6. The second kappa shape index (κ2) is 5.50. The van der Waals surface area contributed by atoms with Crippen molar-refractivity contribution in [2.75, 3.05) is 26.3 Å². The first-order valence-corrected chi connectivity index (χ1v) is 8.20. The monoisotopic (exact) mass is 288 g/mol. The Hall–Kier alpha value is -1.26. The van der Waals surface area contributed by atoms with Crippen molar-refractivity contribution in [1.82, 2.24) is 4.90 Å². The molecule has 0 amide bonds. The fourth-order valence-electron chi connectivity index (χ4n) is 3.27. The van der Waals surface area contributed by atoms with Crippen LogP contribution in [0.5, 0.6) is 11.5 Å². The highest BCUT2D eigenvalue weighted by molar-refractivity contribution is 5.44. The van der Waals surface area contributed by atoms with Gasteiger partial charge in [0.1, 0.15) is 13.2 Å². The molecule has 2 aliphatic carbocycles. The van der Waals surface area contributed by atoms with Gasteiger partial charge in [0.2, 0.25) is 0 Å². The second-order valence-electron chi connectivity index (χ2n) is 6.53. The molecule has 0 radical (unpaired) electrons. The van der Waals surface area contributed by atoms with E-state index in [0.717, 1.165) is 23.5 Å². The van der Waals surface area contributed by atoms with Crippen molar-refractivity contribution in [2.45, 2.75) is 37.8 Å². The molecule has 2 N–H and O–H groups in total. The second-order valence-corrected chi connectivity index (χ2v) is 6.53. The summed E-state index contributed by atoms with van der Waals surface area (Å²) in [5.74, 6) is 2.64. The third kappa shape index (κ3) is 2.87. The van der Waals surface area contributed by atoms with Gasteiger partial charge in [-0.15, -0.1) is 0 Å². The van der Waals surface area contributed by atoms with E-state index in [1.807, 2.05) is 6.07 Å². The van der Waals surface area contributed by atoms with Crippen LogP contribution in [0.25, 0.3) is 0 Å². The van der Waals surface area contributed by atoms with Crippen molar-refractivity contribution in [3.63, 3.8) is 0 Å². The van der Waals surface area contributed by atoms with E-state index >= 15 is 0 Å². The molecule has 0 spiro atoms. The quantitative estimate of drug-likeness (QED) is 0.873. The summed E-state index contributed by atoms with van der Waals surface area (Å²) >= 11 is 0. The Morgan fingerprint density at radius 2 is 1.86 bits per heavy atom. The summed E-state index contributed by atoms with van der Waals surface area (Å²) in [5.41, 5.74) is 7.40. The number of hydrogen-bond acceptors (Lipinski definition) is 4. The molecule has 4 rings (SSSR count). The molecule has 2 saturated carbocycles. The largest absolute Gasteiger partial charge is 0.486 e. The molecule has 0 saturated heterocycles. The van der Waals surface area contributed by atoms with Gasteiger partial charge in [0, 0.05) is 25.2 Å². The molecule has 1 atom stereocenters. The minimum atomic E-state index is 0.314. The lowest BCUT2D eigenvalue weighted by Gasteiger charge is -2.32. The van der Waals surface area contributed by atoms with E-state index in [4.69, 9.17) is 15.2 Å². The van der Waals surface area contributed by atoms with Gasteiger partial charge in [0.25, 0.3) is 0 Å². The minimum Gasteiger partial charge on any atom is -0.486 e. The minimum absolute atomic E-state index is 0.314. The summed E-state index contributed by atoms with van der Waals surface area (Å²) < 4.78 is 11.3. The smallest absolute Gasteiger partial charge is 0.161 e. The summed E-state index contributed by atoms with van der Waals surface area (Å²) in [6, 6.07) is 7.39.